The summed E-state index contributed by atoms with van der Waals surface area (Å²) in [6.07, 6.45) is 11.5. The van der Waals surface area contributed by atoms with Crippen LogP contribution in [0.3, 0.4) is 0 Å². The molecular formula is C48H76N4O13S. The molecule has 66 heavy (non-hydrogen) atoms. The molecule has 1 aromatic rings. The minimum atomic E-state index is -3.83. The number of esters is 2. The summed E-state index contributed by atoms with van der Waals surface area (Å²) in [4.78, 5) is 80.8. The van der Waals surface area contributed by atoms with Crippen molar-refractivity contribution in [3.8, 4) is 5.75 Å². The number of ether oxygens (including phenoxy) is 5. The van der Waals surface area contributed by atoms with Gasteiger partial charge in [0, 0.05) is 19.5 Å². The number of nitrogens with one attached hydrogen (secondary N) is 4. The van der Waals surface area contributed by atoms with E-state index in [1.54, 1.807) is 65.8 Å². The number of rotatable bonds is 21. The highest BCUT2D eigenvalue weighted by atomic mass is 32.2. The first-order valence-corrected chi connectivity index (χ1v) is 25.8. The lowest BCUT2D eigenvalue weighted by Crippen LogP contribution is -2.52. The molecule has 0 spiro atoms. The summed E-state index contributed by atoms with van der Waals surface area (Å²) < 4.78 is 55.1. The van der Waals surface area contributed by atoms with Gasteiger partial charge in [0.1, 0.15) is 41.2 Å². The largest absolute Gasteiger partial charge is 0.514 e. The molecule has 0 aromatic heterocycles. The van der Waals surface area contributed by atoms with Crippen molar-refractivity contribution in [2.24, 2.45) is 11.3 Å². The van der Waals surface area contributed by atoms with Crippen LogP contribution in [0, 0.1) is 11.3 Å². The van der Waals surface area contributed by atoms with Crippen LogP contribution in [0.5, 0.6) is 5.75 Å². The van der Waals surface area contributed by atoms with Crippen LogP contribution >= 0.6 is 0 Å². The fourth-order valence-electron chi connectivity index (χ4n) is 8.80. The van der Waals surface area contributed by atoms with Crippen LogP contribution in [0.15, 0.2) is 24.3 Å². The van der Waals surface area contributed by atoms with Crippen LogP contribution < -0.4 is 25.4 Å². The molecule has 4 rings (SSSR count). The van der Waals surface area contributed by atoms with Crippen LogP contribution in [0.2, 0.25) is 0 Å². The fraction of sp³-hybridized carbons (Fsp3) is 0.750. The smallest absolute Gasteiger partial charge is 0.461 e. The summed E-state index contributed by atoms with van der Waals surface area (Å²) in [6.45, 7) is 10.4. The second-order valence-corrected chi connectivity index (χ2v) is 22.1. The minimum absolute atomic E-state index is 0.0120. The van der Waals surface area contributed by atoms with Gasteiger partial charge in [-0.05, 0) is 149 Å². The maximum absolute atomic E-state index is 14.7. The van der Waals surface area contributed by atoms with Gasteiger partial charge in [-0.1, -0.05) is 37.8 Å². The van der Waals surface area contributed by atoms with Gasteiger partial charge in [0.2, 0.25) is 21.8 Å². The van der Waals surface area contributed by atoms with Crippen molar-refractivity contribution in [2.75, 3.05) is 19.3 Å². The van der Waals surface area contributed by atoms with Crippen LogP contribution in [0.25, 0.3) is 0 Å². The van der Waals surface area contributed by atoms with Gasteiger partial charge < -0.3 is 39.6 Å². The molecule has 17 nitrogen and oxygen atoms in total. The normalized spacial score (nSPS) is 18.5. The minimum Gasteiger partial charge on any atom is -0.461 e. The van der Waals surface area contributed by atoms with Crippen LogP contribution in [-0.4, -0.2) is 99.3 Å². The van der Waals surface area contributed by atoms with E-state index in [1.807, 2.05) is 0 Å². The van der Waals surface area contributed by atoms with Gasteiger partial charge in [0.25, 0.3) is 0 Å². The maximum atomic E-state index is 14.7. The molecule has 3 atom stereocenters. The van der Waals surface area contributed by atoms with Crippen molar-refractivity contribution in [2.45, 2.75) is 199 Å². The maximum Gasteiger partial charge on any atom is 0.514 e. The molecule has 3 aliphatic rings. The van der Waals surface area contributed by atoms with E-state index < -0.39 is 80.6 Å². The average Bonchev–Trinajstić information content (AvgIpc) is 3.71. The van der Waals surface area contributed by atoms with Gasteiger partial charge in [0.05, 0.1) is 17.6 Å². The van der Waals surface area contributed by atoms with E-state index in [-0.39, 0.29) is 50.3 Å². The SMILES string of the molecule is CC(C)(C)OC(=O)NCCCC[C@H](NS(C)(=O)=O)C(=O)NCC(CC1(C(=O)N[C@@H](Cc2ccc(OC(=O)OC3CCCCC3)cc2)C(=O)OC2CCCCC2)CCCC1)C(=O)OC(C)(C)C. The Bertz CT molecular complexity index is 1880. The summed E-state index contributed by atoms with van der Waals surface area (Å²) in [7, 11) is -3.83. The molecule has 0 bridgehead atoms. The summed E-state index contributed by atoms with van der Waals surface area (Å²) >= 11 is 0. The molecule has 3 aliphatic carbocycles. The van der Waals surface area contributed by atoms with Crippen molar-refractivity contribution < 1.29 is 60.9 Å². The lowest BCUT2D eigenvalue weighted by atomic mass is 9.76. The van der Waals surface area contributed by atoms with E-state index in [2.05, 4.69) is 20.7 Å². The van der Waals surface area contributed by atoms with Crippen molar-refractivity contribution >= 4 is 46.0 Å². The lowest BCUT2D eigenvalue weighted by Gasteiger charge is -2.34. The van der Waals surface area contributed by atoms with Crippen molar-refractivity contribution in [1.29, 1.82) is 0 Å². The van der Waals surface area contributed by atoms with Gasteiger partial charge in [-0.15, -0.1) is 0 Å². The monoisotopic (exact) mass is 949 g/mol. The number of benzene rings is 1. The molecule has 3 fully saturated rings. The van der Waals surface area contributed by atoms with Crippen LogP contribution in [0.4, 0.5) is 9.59 Å². The number of unbranched alkanes of at least 4 members (excludes halogenated alkanes) is 1. The first-order chi connectivity index (χ1) is 31.0. The van der Waals surface area contributed by atoms with Gasteiger partial charge in [-0.25, -0.2) is 27.5 Å². The molecule has 0 radical (unpaired) electrons. The quantitative estimate of drug-likeness (QED) is 0.0419. The Balaban J connectivity index is 1.49. The zero-order valence-electron chi connectivity index (χ0n) is 40.3. The third kappa shape index (κ3) is 19.8. The van der Waals surface area contributed by atoms with Gasteiger partial charge in [0.15, 0.2) is 0 Å². The Hall–Kier alpha value is -4.45. The first-order valence-electron chi connectivity index (χ1n) is 23.9. The third-order valence-corrected chi connectivity index (χ3v) is 12.7. The average molecular weight is 949 g/mol. The number of sulfonamides is 1. The molecule has 1 unspecified atom stereocenters. The predicted molar refractivity (Wildman–Crippen MR) is 247 cm³/mol. The third-order valence-electron chi connectivity index (χ3n) is 12.0. The number of hydrogen-bond acceptors (Lipinski definition) is 13. The van der Waals surface area contributed by atoms with Crippen molar-refractivity contribution in [1.82, 2.24) is 20.7 Å². The standard InChI is InChI=1S/C48H76N4O13S/c1-46(2,3)64-41(54)34(32-50-40(53)38(52-66(7,59)60)22-14-17-29-49-44(57)65-47(4,5)6)31-48(27-15-16-28-48)43(56)51-39(42(55)61-35-18-10-8-11-19-35)30-33-23-25-37(26-24-33)63-45(58)62-36-20-12-9-13-21-36/h23-26,34-36,38-39,52H,8-22,27-32H2,1-7H3,(H,49,57)(H,50,53)(H,51,56)/t34?,38-,39-/m0/s1. The second kappa shape index (κ2) is 25.1. The molecule has 18 heteroatoms. The molecular weight excluding hydrogens is 873 g/mol. The molecule has 3 saturated carbocycles. The van der Waals surface area contributed by atoms with Crippen molar-refractivity contribution in [3.63, 3.8) is 0 Å². The van der Waals surface area contributed by atoms with E-state index in [0.717, 1.165) is 70.5 Å². The zero-order chi connectivity index (χ0) is 48.5. The predicted octanol–water partition coefficient (Wildman–Crippen LogP) is 7.08. The Labute approximate surface area is 391 Å². The first kappa shape index (κ1) is 54.2. The van der Waals surface area contributed by atoms with Crippen molar-refractivity contribution in [3.05, 3.63) is 29.8 Å². The second-order valence-electron chi connectivity index (χ2n) is 20.3. The molecule has 0 aliphatic heterocycles. The number of amides is 3. The number of hydrogen-bond donors (Lipinski definition) is 4. The van der Waals surface area contributed by atoms with Gasteiger partial charge in [-0.2, -0.15) is 0 Å². The molecule has 372 valence electrons. The summed E-state index contributed by atoms with van der Waals surface area (Å²) in [6, 6.07) is 4.39. The zero-order valence-corrected chi connectivity index (χ0v) is 41.1. The Kier molecular flexibility index (Phi) is 20.6. The molecule has 1 aromatic carbocycles. The lowest BCUT2D eigenvalue weighted by molar-refractivity contribution is -0.162. The molecule has 0 heterocycles. The molecule has 0 saturated heterocycles. The number of carbonyl (C=O) groups is 6. The van der Waals surface area contributed by atoms with E-state index in [4.69, 9.17) is 23.7 Å². The topological polar surface area (TPSA) is 231 Å². The van der Waals surface area contributed by atoms with E-state index >= 15 is 0 Å². The Morgan fingerprint density at radius 2 is 1.29 bits per heavy atom. The molecule has 3 amide bonds. The Morgan fingerprint density at radius 1 is 0.712 bits per heavy atom. The highest BCUT2D eigenvalue weighted by Crippen LogP contribution is 2.44. The highest BCUT2D eigenvalue weighted by Gasteiger charge is 2.46. The van der Waals surface area contributed by atoms with E-state index in [9.17, 15) is 37.2 Å². The van der Waals surface area contributed by atoms with Gasteiger partial charge in [-0.3, -0.25) is 14.4 Å². The number of alkyl carbamates (subject to hydrolysis) is 1. The summed E-state index contributed by atoms with van der Waals surface area (Å²) in [5, 5.41) is 8.42. The summed E-state index contributed by atoms with van der Waals surface area (Å²) in [5.74, 6) is -3.03. The molecule has 4 N–H and O–H groups in total. The Morgan fingerprint density at radius 3 is 1.85 bits per heavy atom. The fourth-order valence-corrected chi connectivity index (χ4v) is 9.54. The van der Waals surface area contributed by atoms with Crippen LogP contribution in [0.1, 0.15) is 163 Å². The van der Waals surface area contributed by atoms with E-state index in [1.165, 1.54) is 0 Å². The van der Waals surface area contributed by atoms with E-state index in [0.29, 0.717) is 44.1 Å². The van der Waals surface area contributed by atoms with Crippen LogP contribution in [-0.2, 0) is 54.6 Å². The van der Waals surface area contributed by atoms with Gasteiger partial charge >= 0.3 is 24.2 Å². The number of carbonyl (C=O) groups excluding carboxylic acids is 6. The summed E-state index contributed by atoms with van der Waals surface area (Å²) in [5.41, 5.74) is -2.01. The highest BCUT2D eigenvalue weighted by molar-refractivity contribution is 7.88.